The van der Waals surface area contributed by atoms with Gasteiger partial charge in [-0.1, -0.05) is 42.7 Å². The maximum atomic E-state index is 13.2. The van der Waals surface area contributed by atoms with Crippen molar-refractivity contribution in [1.82, 2.24) is 15.1 Å². The van der Waals surface area contributed by atoms with Crippen LogP contribution in [0.4, 0.5) is 10.5 Å². The standard InChI is InChI=1S/C27H30N4O3/c1-17-5-4-6-18(13-17)16-28-27(34)31-24(19-7-2-3-8-19)15-23(30-31)22-14-21(11-12-25(22)32)29-26(33)20-9-10-20/h4-6,11-15,19-20,32H,2-3,7-10,16H2,1H3,(H,28,34)(H,29,33). The lowest BCUT2D eigenvalue weighted by molar-refractivity contribution is -0.117. The van der Waals surface area contributed by atoms with Gasteiger partial charge < -0.3 is 15.7 Å². The lowest BCUT2D eigenvalue weighted by Gasteiger charge is -2.12. The number of benzene rings is 2. The molecule has 0 unspecified atom stereocenters. The summed E-state index contributed by atoms with van der Waals surface area (Å²) >= 11 is 0. The summed E-state index contributed by atoms with van der Waals surface area (Å²) < 4.78 is 1.45. The third-order valence-corrected chi connectivity index (χ3v) is 6.72. The van der Waals surface area contributed by atoms with Gasteiger partial charge in [0.25, 0.3) is 0 Å². The molecule has 7 nitrogen and oxygen atoms in total. The van der Waals surface area contributed by atoms with E-state index in [0.717, 1.165) is 55.3 Å². The van der Waals surface area contributed by atoms with E-state index in [1.807, 2.05) is 37.3 Å². The number of rotatable bonds is 6. The molecule has 2 aliphatic rings. The van der Waals surface area contributed by atoms with Gasteiger partial charge in [0.1, 0.15) is 5.75 Å². The fraction of sp³-hybridized carbons (Fsp3) is 0.370. The van der Waals surface area contributed by atoms with Crippen LogP contribution in [0.2, 0.25) is 0 Å². The van der Waals surface area contributed by atoms with E-state index in [1.165, 1.54) is 4.68 Å². The molecule has 0 atom stereocenters. The number of hydrogen-bond donors (Lipinski definition) is 3. The minimum atomic E-state index is -0.285. The van der Waals surface area contributed by atoms with E-state index < -0.39 is 0 Å². The van der Waals surface area contributed by atoms with Crippen molar-refractivity contribution < 1.29 is 14.7 Å². The molecule has 0 radical (unpaired) electrons. The van der Waals surface area contributed by atoms with E-state index in [4.69, 9.17) is 0 Å². The van der Waals surface area contributed by atoms with Gasteiger partial charge in [-0.3, -0.25) is 4.79 Å². The third kappa shape index (κ3) is 4.83. The highest BCUT2D eigenvalue weighted by Crippen LogP contribution is 2.38. The van der Waals surface area contributed by atoms with Crippen molar-refractivity contribution in [3.8, 4) is 17.0 Å². The molecule has 0 bridgehead atoms. The number of nitrogens with zero attached hydrogens (tertiary/aromatic N) is 2. The van der Waals surface area contributed by atoms with Crippen LogP contribution in [0.3, 0.4) is 0 Å². The second-order valence-corrected chi connectivity index (χ2v) is 9.49. The maximum absolute atomic E-state index is 13.2. The third-order valence-electron chi connectivity index (χ3n) is 6.72. The van der Waals surface area contributed by atoms with Crippen LogP contribution in [0.1, 0.15) is 61.3 Å². The summed E-state index contributed by atoms with van der Waals surface area (Å²) in [5.41, 5.74) is 4.67. The number of amides is 2. The summed E-state index contributed by atoms with van der Waals surface area (Å²) in [7, 11) is 0. The molecule has 5 rings (SSSR count). The predicted octanol–water partition coefficient (Wildman–Crippen LogP) is 5.33. The molecular formula is C27H30N4O3. The van der Waals surface area contributed by atoms with E-state index in [-0.39, 0.29) is 29.5 Å². The van der Waals surface area contributed by atoms with Crippen LogP contribution in [0.5, 0.6) is 5.75 Å². The average Bonchev–Trinajstić information content (AvgIpc) is 3.36. The molecule has 34 heavy (non-hydrogen) atoms. The molecule has 2 aliphatic carbocycles. The van der Waals surface area contributed by atoms with Gasteiger partial charge in [-0.05, 0) is 62.4 Å². The number of phenolic OH excluding ortho intramolecular Hbond substituents is 1. The number of aryl methyl sites for hydroxylation is 1. The van der Waals surface area contributed by atoms with Crippen LogP contribution in [0.15, 0.2) is 48.5 Å². The molecule has 2 saturated carbocycles. The maximum Gasteiger partial charge on any atom is 0.342 e. The largest absolute Gasteiger partial charge is 0.507 e. The molecule has 7 heteroatoms. The molecule has 1 aromatic heterocycles. The number of phenols is 1. The molecule has 2 amide bonds. The van der Waals surface area contributed by atoms with E-state index in [2.05, 4.69) is 15.7 Å². The minimum absolute atomic E-state index is 0.00402. The highest BCUT2D eigenvalue weighted by atomic mass is 16.3. The van der Waals surface area contributed by atoms with Gasteiger partial charge in [0, 0.05) is 29.6 Å². The van der Waals surface area contributed by atoms with Crippen LogP contribution in [-0.4, -0.2) is 26.8 Å². The molecule has 2 aromatic carbocycles. The van der Waals surface area contributed by atoms with Crippen molar-refractivity contribution >= 4 is 17.6 Å². The summed E-state index contributed by atoms with van der Waals surface area (Å²) in [5.74, 6) is 0.407. The van der Waals surface area contributed by atoms with Crippen LogP contribution in [0.25, 0.3) is 11.3 Å². The summed E-state index contributed by atoms with van der Waals surface area (Å²) in [5, 5.41) is 21.1. The number of anilines is 1. The fourth-order valence-electron chi connectivity index (χ4n) is 4.69. The Labute approximate surface area is 199 Å². The molecule has 2 fully saturated rings. The molecule has 1 heterocycles. The Bertz CT molecular complexity index is 1220. The Morgan fingerprint density at radius 3 is 2.59 bits per heavy atom. The minimum Gasteiger partial charge on any atom is -0.507 e. The summed E-state index contributed by atoms with van der Waals surface area (Å²) in [6.45, 7) is 2.44. The Kier molecular flexibility index (Phi) is 6.09. The Morgan fingerprint density at radius 1 is 1.06 bits per heavy atom. The number of carbonyl (C=O) groups excluding carboxylic acids is 2. The smallest absolute Gasteiger partial charge is 0.342 e. The van der Waals surface area contributed by atoms with Crippen molar-refractivity contribution in [2.75, 3.05) is 5.32 Å². The van der Waals surface area contributed by atoms with E-state index in [9.17, 15) is 14.7 Å². The number of nitrogens with one attached hydrogen (secondary N) is 2. The van der Waals surface area contributed by atoms with Gasteiger partial charge >= 0.3 is 6.03 Å². The van der Waals surface area contributed by atoms with E-state index in [0.29, 0.717) is 23.5 Å². The van der Waals surface area contributed by atoms with Gasteiger partial charge in [0.2, 0.25) is 5.91 Å². The van der Waals surface area contributed by atoms with Gasteiger partial charge in [-0.2, -0.15) is 9.78 Å². The van der Waals surface area contributed by atoms with Crippen molar-refractivity contribution in [1.29, 1.82) is 0 Å². The topological polar surface area (TPSA) is 96.3 Å². The molecule has 3 N–H and O–H groups in total. The van der Waals surface area contributed by atoms with Crippen LogP contribution in [0, 0.1) is 12.8 Å². The predicted molar refractivity (Wildman–Crippen MR) is 131 cm³/mol. The lowest BCUT2D eigenvalue weighted by Crippen LogP contribution is -2.30. The van der Waals surface area contributed by atoms with E-state index in [1.54, 1.807) is 18.2 Å². The summed E-state index contributed by atoms with van der Waals surface area (Å²) in [4.78, 5) is 25.4. The molecule has 0 spiro atoms. The van der Waals surface area contributed by atoms with E-state index >= 15 is 0 Å². The normalized spacial score (nSPS) is 15.9. The number of carbonyl (C=O) groups is 2. The molecule has 176 valence electrons. The van der Waals surface area contributed by atoms with Gasteiger partial charge in [-0.25, -0.2) is 4.79 Å². The van der Waals surface area contributed by atoms with Gasteiger partial charge in [0.15, 0.2) is 0 Å². The Morgan fingerprint density at radius 2 is 1.85 bits per heavy atom. The highest BCUT2D eigenvalue weighted by Gasteiger charge is 2.30. The van der Waals surface area contributed by atoms with Gasteiger partial charge in [0.05, 0.1) is 11.4 Å². The zero-order chi connectivity index (χ0) is 23.7. The second-order valence-electron chi connectivity index (χ2n) is 9.49. The lowest BCUT2D eigenvalue weighted by atomic mass is 10.0. The molecule has 0 saturated heterocycles. The number of hydrogen-bond acceptors (Lipinski definition) is 4. The van der Waals surface area contributed by atoms with Crippen LogP contribution >= 0.6 is 0 Å². The zero-order valence-corrected chi connectivity index (χ0v) is 19.4. The van der Waals surface area contributed by atoms with Crippen LogP contribution < -0.4 is 10.6 Å². The zero-order valence-electron chi connectivity index (χ0n) is 19.4. The Balaban J connectivity index is 1.42. The quantitative estimate of drug-likeness (QED) is 0.435. The molecule has 3 aromatic rings. The fourth-order valence-corrected chi connectivity index (χ4v) is 4.69. The first-order valence-corrected chi connectivity index (χ1v) is 12.1. The second kappa shape index (κ2) is 9.33. The van der Waals surface area contributed by atoms with Crippen molar-refractivity contribution in [2.45, 2.75) is 57.9 Å². The van der Waals surface area contributed by atoms with Crippen molar-refractivity contribution in [2.24, 2.45) is 5.92 Å². The average molecular weight is 459 g/mol. The van der Waals surface area contributed by atoms with Gasteiger partial charge in [-0.15, -0.1) is 0 Å². The number of aromatic hydroxyl groups is 1. The summed E-state index contributed by atoms with van der Waals surface area (Å²) in [6, 6.07) is 14.6. The number of aromatic nitrogens is 2. The van der Waals surface area contributed by atoms with Crippen molar-refractivity contribution in [3.05, 3.63) is 65.4 Å². The Hall–Kier alpha value is -3.61. The summed E-state index contributed by atoms with van der Waals surface area (Å²) in [6.07, 6.45) is 6.13. The monoisotopic (exact) mass is 458 g/mol. The van der Waals surface area contributed by atoms with Crippen molar-refractivity contribution in [3.63, 3.8) is 0 Å². The molecule has 0 aliphatic heterocycles. The molecular weight excluding hydrogens is 428 g/mol. The van der Waals surface area contributed by atoms with Crippen LogP contribution in [-0.2, 0) is 11.3 Å². The first-order valence-electron chi connectivity index (χ1n) is 12.1. The first-order chi connectivity index (χ1) is 16.5. The highest BCUT2D eigenvalue weighted by molar-refractivity contribution is 5.95. The SMILES string of the molecule is Cc1cccc(CNC(=O)n2nc(-c3cc(NC(=O)C4CC4)ccc3O)cc2C2CCCC2)c1. The first kappa shape index (κ1) is 22.2.